The Balaban J connectivity index is 1.20. The molecule has 0 bridgehead atoms. The second kappa shape index (κ2) is 7.05. The van der Waals surface area contributed by atoms with E-state index in [4.69, 9.17) is 9.15 Å². The summed E-state index contributed by atoms with van der Waals surface area (Å²) in [4.78, 5) is 17.1. The number of morpholine rings is 1. The summed E-state index contributed by atoms with van der Waals surface area (Å²) in [6.45, 7) is 3.89. The molecule has 5 rings (SSSR count). The topological polar surface area (TPSA) is 71.7 Å². The smallest absolute Gasteiger partial charge is 0.253 e. The van der Waals surface area contributed by atoms with Gasteiger partial charge in [-0.15, -0.1) is 10.2 Å². The molecule has 1 aromatic carbocycles. The number of carbonyl (C=O) groups is 1. The van der Waals surface area contributed by atoms with Crippen LogP contribution in [0.1, 0.15) is 41.7 Å². The lowest BCUT2D eigenvalue weighted by Gasteiger charge is -2.36. The lowest BCUT2D eigenvalue weighted by molar-refractivity contribution is -0.150. The summed E-state index contributed by atoms with van der Waals surface area (Å²) in [5.41, 5.74) is 2.58. The van der Waals surface area contributed by atoms with Crippen LogP contribution in [0.15, 0.2) is 28.7 Å². The molecule has 0 spiro atoms. The van der Waals surface area contributed by atoms with Gasteiger partial charge in [0.2, 0.25) is 11.8 Å². The summed E-state index contributed by atoms with van der Waals surface area (Å²) < 4.78 is 11.6. The number of fused-ring (bicyclic) bond motifs is 1. The molecule has 1 unspecified atom stereocenters. The van der Waals surface area contributed by atoms with Gasteiger partial charge in [-0.3, -0.25) is 9.69 Å². The van der Waals surface area contributed by atoms with Gasteiger partial charge in [0.25, 0.3) is 5.91 Å². The zero-order valence-corrected chi connectivity index (χ0v) is 15.3. The van der Waals surface area contributed by atoms with Gasteiger partial charge < -0.3 is 14.1 Å². The van der Waals surface area contributed by atoms with E-state index < -0.39 is 6.10 Å². The molecule has 3 aliphatic rings. The van der Waals surface area contributed by atoms with Crippen molar-refractivity contribution >= 4 is 5.91 Å². The van der Waals surface area contributed by atoms with Gasteiger partial charge in [0.15, 0.2) is 0 Å². The highest BCUT2D eigenvalue weighted by molar-refractivity contribution is 5.81. The Bertz CT molecular complexity index is 832. The third-order valence-corrected chi connectivity index (χ3v) is 5.64. The highest BCUT2D eigenvalue weighted by Gasteiger charge is 2.33. The van der Waals surface area contributed by atoms with Crippen LogP contribution in [-0.4, -0.2) is 58.2 Å². The van der Waals surface area contributed by atoms with Crippen LogP contribution < -0.4 is 0 Å². The Kier molecular flexibility index (Phi) is 4.41. The number of benzene rings is 1. The monoisotopic (exact) mass is 368 g/mol. The third-order valence-electron chi connectivity index (χ3n) is 5.64. The fraction of sp³-hybridized carbons (Fsp3) is 0.550. The fourth-order valence-electron chi connectivity index (χ4n) is 3.90. The van der Waals surface area contributed by atoms with Crippen molar-refractivity contribution in [1.29, 1.82) is 0 Å². The number of hydrogen-bond acceptors (Lipinski definition) is 6. The van der Waals surface area contributed by atoms with Crippen molar-refractivity contribution in [3.8, 4) is 0 Å². The predicted octanol–water partition coefficient (Wildman–Crippen LogP) is 1.73. The summed E-state index contributed by atoms with van der Waals surface area (Å²) in [7, 11) is 0. The minimum Gasteiger partial charge on any atom is -0.424 e. The van der Waals surface area contributed by atoms with Gasteiger partial charge in [0.1, 0.15) is 6.10 Å². The van der Waals surface area contributed by atoms with E-state index in [1.165, 1.54) is 11.1 Å². The Morgan fingerprint density at radius 2 is 2.00 bits per heavy atom. The molecule has 142 valence electrons. The molecule has 0 radical (unpaired) electrons. The predicted molar refractivity (Wildman–Crippen MR) is 96.9 cm³/mol. The summed E-state index contributed by atoms with van der Waals surface area (Å²) in [6, 6.07) is 8.35. The maximum Gasteiger partial charge on any atom is 0.253 e. The molecule has 1 aromatic heterocycles. The van der Waals surface area contributed by atoms with E-state index in [0.717, 1.165) is 38.2 Å². The fourth-order valence-corrected chi connectivity index (χ4v) is 3.90. The van der Waals surface area contributed by atoms with Gasteiger partial charge >= 0.3 is 0 Å². The minimum atomic E-state index is -0.421. The van der Waals surface area contributed by atoms with Crippen LogP contribution in [0.3, 0.4) is 0 Å². The van der Waals surface area contributed by atoms with E-state index in [1.54, 1.807) is 0 Å². The molecule has 3 heterocycles. The van der Waals surface area contributed by atoms with Crippen LogP contribution >= 0.6 is 0 Å². The molecule has 1 atom stereocenters. The van der Waals surface area contributed by atoms with Crippen molar-refractivity contribution in [2.75, 3.05) is 26.2 Å². The number of rotatable bonds is 4. The van der Waals surface area contributed by atoms with Crippen LogP contribution in [0, 0.1) is 0 Å². The average molecular weight is 368 g/mol. The molecule has 2 aromatic rings. The molecule has 1 aliphatic carbocycles. The van der Waals surface area contributed by atoms with Crippen LogP contribution in [0.2, 0.25) is 0 Å². The first-order valence-corrected chi connectivity index (χ1v) is 9.78. The van der Waals surface area contributed by atoms with Crippen LogP contribution in [-0.2, 0) is 29.0 Å². The Morgan fingerprint density at radius 1 is 1.15 bits per heavy atom. The summed E-state index contributed by atoms with van der Waals surface area (Å²) in [5, 5.41) is 8.30. The Labute approximate surface area is 158 Å². The van der Waals surface area contributed by atoms with Crippen molar-refractivity contribution in [3.63, 3.8) is 0 Å². The van der Waals surface area contributed by atoms with Gasteiger partial charge in [-0.1, -0.05) is 24.3 Å². The molecule has 2 fully saturated rings. The number of carbonyl (C=O) groups excluding carboxylic acids is 1. The lowest BCUT2D eigenvalue weighted by Crippen LogP contribution is -2.51. The largest absolute Gasteiger partial charge is 0.424 e. The summed E-state index contributed by atoms with van der Waals surface area (Å²) in [6.07, 6.45) is 2.78. The molecule has 27 heavy (non-hydrogen) atoms. The normalized spacial score (nSPS) is 23.3. The average Bonchev–Trinajstić information content (AvgIpc) is 3.47. The van der Waals surface area contributed by atoms with Crippen molar-refractivity contribution < 1.29 is 13.9 Å². The molecule has 1 saturated heterocycles. The quantitative estimate of drug-likeness (QED) is 0.819. The zero-order chi connectivity index (χ0) is 18.2. The highest BCUT2D eigenvalue weighted by atomic mass is 16.5. The standard InChI is InChI=1S/C20H24N4O3/c25-20(24-8-7-14-3-1-2-4-16(14)11-24)17-12-23(9-10-26-17)13-18-21-22-19(27-18)15-5-6-15/h1-4,15,17H,5-13H2. The molecule has 7 nitrogen and oxygen atoms in total. The molecule has 1 amide bonds. The molecular weight excluding hydrogens is 344 g/mol. The van der Waals surface area contributed by atoms with Crippen LogP contribution in [0.5, 0.6) is 0 Å². The van der Waals surface area contributed by atoms with E-state index in [0.29, 0.717) is 38.0 Å². The zero-order valence-electron chi connectivity index (χ0n) is 15.3. The number of amides is 1. The van der Waals surface area contributed by atoms with Crippen molar-refractivity contribution in [2.24, 2.45) is 0 Å². The number of ether oxygens (including phenoxy) is 1. The van der Waals surface area contributed by atoms with E-state index in [1.807, 2.05) is 11.0 Å². The summed E-state index contributed by atoms with van der Waals surface area (Å²) >= 11 is 0. The van der Waals surface area contributed by atoms with Crippen molar-refractivity contribution in [1.82, 2.24) is 20.0 Å². The first-order chi connectivity index (χ1) is 13.3. The second-order valence-corrected chi connectivity index (χ2v) is 7.68. The SMILES string of the molecule is O=C(C1CN(Cc2nnc(C3CC3)o2)CCO1)N1CCc2ccccc2C1. The summed E-state index contributed by atoms with van der Waals surface area (Å²) in [5.74, 6) is 1.94. The number of aromatic nitrogens is 2. The Morgan fingerprint density at radius 3 is 2.85 bits per heavy atom. The maximum absolute atomic E-state index is 13.0. The maximum atomic E-state index is 13.0. The van der Waals surface area contributed by atoms with Gasteiger partial charge in [0.05, 0.1) is 13.2 Å². The van der Waals surface area contributed by atoms with E-state index >= 15 is 0 Å². The molecule has 1 saturated carbocycles. The molecule has 7 heteroatoms. The van der Waals surface area contributed by atoms with Crippen molar-refractivity contribution in [3.05, 3.63) is 47.2 Å². The second-order valence-electron chi connectivity index (χ2n) is 7.68. The van der Waals surface area contributed by atoms with Gasteiger partial charge in [0, 0.05) is 32.1 Å². The molecule has 2 aliphatic heterocycles. The molecule has 0 N–H and O–H groups in total. The van der Waals surface area contributed by atoms with Gasteiger partial charge in [-0.2, -0.15) is 0 Å². The molecular formula is C20H24N4O3. The van der Waals surface area contributed by atoms with Crippen LogP contribution in [0.4, 0.5) is 0 Å². The first-order valence-electron chi connectivity index (χ1n) is 9.78. The van der Waals surface area contributed by atoms with E-state index in [9.17, 15) is 4.79 Å². The first kappa shape index (κ1) is 16.9. The highest BCUT2D eigenvalue weighted by Crippen LogP contribution is 2.39. The lowest BCUT2D eigenvalue weighted by atomic mass is 9.99. The van der Waals surface area contributed by atoms with Crippen molar-refractivity contribution in [2.45, 2.75) is 44.4 Å². The minimum absolute atomic E-state index is 0.0819. The number of hydrogen-bond donors (Lipinski definition) is 0. The number of nitrogens with zero attached hydrogens (tertiary/aromatic N) is 4. The van der Waals surface area contributed by atoms with Gasteiger partial charge in [-0.05, 0) is 30.4 Å². The Hall–Kier alpha value is -2.25. The van der Waals surface area contributed by atoms with E-state index in [-0.39, 0.29) is 5.91 Å². The van der Waals surface area contributed by atoms with Crippen LogP contribution in [0.25, 0.3) is 0 Å². The van der Waals surface area contributed by atoms with Gasteiger partial charge in [-0.25, -0.2) is 0 Å². The third kappa shape index (κ3) is 3.61. The van der Waals surface area contributed by atoms with E-state index in [2.05, 4.69) is 33.3 Å².